The van der Waals surface area contributed by atoms with Crippen LogP contribution in [0, 0.1) is 5.92 Å². The molecule has 0 spiro atoms. The highest BCUT2D eigenvalue weighted by Crippen LogP contribution is 2.20. The molecule has 7 heteroatoms. The predicted octanol–water partition coefficient (Wildman–Crippen LogP) is 1.86. The van der Waals surface area contributed by atoms with Gasteiger partial charge in [-0.25, -0.2) is 4.98 Å². The molecule has 3 aromatic rings. The van der Waals surface area contributed by atoms with Gasteiger partial charge in [-0.05, 0) is 43.0 Å². The quantitative estimate of drug-likeness (QED) is 0.760. The van der Waals surface area contributed by atoms with Crippen LogP contribution in [0.3, 0.4) is 0 Å². The standard InChI is InChI=1S/C19H22N6O/c26-19(14-25-22-16-7-1-2-8-17(16)23-25)21-12-15-6-5-11-24(13-15)18-9-3-4-10-20-18/h1-4,7-10,15H,5-6,11-14H2,(H,21,26)/t15-/m0/s1. The Kier molecular flexibility index (Phi) is 4.77. The van der Waals surface area contributed by atoms with Gasteiger partial charge in [0, 0.05) is 25.8 Å². The van der Waals surface area contributed by atoms with Crippen LogP contribution in [0.2, 0.25) is 0 Å². The smallest absolute Gasteiger partial charge is 0.243 e. The lowest BCUT2D eigenvalue weighted by atomic mass is 9.98. The number of nitrogens with zero attached hydrogens (tertiary/aromatic N) is 5. The fraction of sp³-hybridized carbons (Fsp3) is 0.368. The van der Waals surface area contributed by atoms with Crippen LogP contribution in [-0.2, 0) is 11.3 Å². The van der Waals surface area contributed by atoms with E-state index in [9.17, 15) is 4.79 Å². The molecule has 3 heterocycles. The molecule has 0 bridgehead atoms. The maximum absolute atomic E-state index is 12.2. The Bertz CT molecular complexity index is 845. The third-order valence-electron chi connectivity index (χ3n) is 4.69. The Balaban J connectivity index is 1.29. The lowest BCUT2D eigenvalue weighted by Gasteiger charge is -2.33. The predicted molar refractivity (Wildman–Crippen MR) is 99.7 cm³/mol. The summed E-state index contributed by atoms with van der Waals surface area (Å²) in [5.74, 6) is 1.38. The topological polar surface area (TPSA) is 75.9 Å². The number of benzene rings is 1. The first-order valence-electron chi connectivity index (χ1n) is 9.00. The molecular formula is C19H22N6O. The van der Waals surface area contributed by atoms with Gasteiger partial charge in [-0.3, -0.25) is 4.79 Å². The van der Waals surface area contributed by atoms with E-state index < -0.39 is 0 Å². The van der Waals surface area contributed by atoms with Crippen molar-refractivity contribution in [1.82, 2.24) is 25.3 Å². The fourth-order valence-corrected chi connectivity index (χ4v) is 3.40. The van der Waals surface area contributed by atoms with E-state index in [0.717, 1.165) is 42.8 Å². The number of carbonyl (C=O) groups excluding carboxylic acids is 1. The van der Waals surface area contributed by atoms with Crippen LogP contribution in [0.5, 0.6) is 0 Å². The van der Waals surface area contributed by atoms with Crippen molar-refractivity contribution in [3.63, 3.8) is 0 Å². The number of nitrogens with one attached hydrogen (secondary N) is 1. The number of aromatic nitrogens is 4. The maximum atomic E-state index is 12.2. The Hall–Kier alpha value is -2.96. The molecule has 2 aromatic heterocycles. The Labute approximate surface area is 152 Å². The molecule has 1 atom stereocenters. The van der Waals surface area contributed by atoms with Gasteiger partial charge in [0.25, 0.3) is 0 Å². The van der Waals surface area contributed by atoms with E-state index in [0.29, 0.717) is 12.5 Å². The lowest BCUT2D eigenvalue weighted by molar-refractivity contribution is -0.122. The molecular weight excluding hydrogens is 328 g/mol. The average Bonchev–Trinajstić information content (AvgIpc) is 3.09. The molecule has 4 rings (SSSR count). The largest absolute Gasteiger partial charge is 0.356 e. The number of hydrogen-bond donors (Lipinski definition) is 1. The van der Waals surface area contributed by atoms with Crippen LogP contribution in [0.25, 0.3) is 11.0 Å². The molecule has 0 saturated carbocycles. The van der Waals surface area contributed by atoms with Crippen molar-refractivity contribution in [3.05, 3.63) is 48.7 Å². The van der Waals surface area contributed by atoms with Gasteiger partial charge in [0.1, 0.15) is 23.4 Å². The van der Waals surface area contributed by atoms with Crippen molar-refractivity contribution in [2.75, 3.05) is 24.5 Å². The van der Waals surface area contributed by atoms with E-state index in [2.05, 4.69) is 25.4 Å². The molecule has 1 aliphatic heterocycles. The van der Waals surface area contributed by atoms with E-state index in [1.54, 1.807) is 0 Å². The second kappa shape index (κ2) is 7.51. The molecule has 0 unspecified atom stereocenters. The summed E-state index contributed by atoms with van der Waals surface area (Å²) in [7, 11) is 0. The molecule has 1 aromatic carbocycles. The van der Waals surface area contributed by atoms with Gasteiger partial charge >= 0.3 is 0 Å². The number of amides is 1. The molecule has 1 amide bonds. The molecule has 7 nitrogen and oxygen atoms in total. The zero-order valence-corrected chi connectivity index (χ0v) is 14.6. The van der Waals surface area contributed by atoms with E-state index in [-0.39, 0.29) is 12.5 Å². The van der Waals surface area contributed by atoms with Crippen molar-refractivity contribution in [2.45, 2.75) is 19.4 Å². The van der Waals surface area contributed by atoms with Crippen molar-refractivity contribution >= 4 is 22.8 Å². The second-order valence-corrected chi connectivity index (χ2v) is 6.67. The number of carbonyl (C=O) groups is 1. The minimum absolute atomic E-state index is 0.0553. The first kappa shape index (κ1) is 16.5. The zero-order valence-electron chi connectivity index (χ0n) is 14.6. The highest BCUT2D eigenvalue weighted by Gasteiger charge is 2.21. The van der Waals surface area contributed by atoms with E-state index >= 15 is 0 Å². The monoisotopic (exact) mass is 350 g/mol. The summed E-state index contributed by atoms with van der Waals surface area (Å²) in [6.07, 6.45) is 4.05. The van der Waals surface area contributed by atoms with Crippen molar-refractivity contribution in [2.24, 2.45) is 5.92 Å². The van der Waals surface area contributed by atoms with Crippen LogP contribution >= 0.6 is 0 Å². The molecule has 26 heavy (non-hydrogen) atoms. The van der Waals surface area contributed by atoms with E-state index in [1.165, 1.54) is 4.80 Å². The van der Waals surface area contributed by atoms with Crippen molar-refractivity contribution < 1.29 is 4.79 Å². The van der Waals surface area contributed by atoms with Crippen molar-refractivity contribution in [3.8, 4) is 0 Å². The van der Waals surface area contributed by atoms with Crippen LogP contribution in [0.1, 0.15) is 12.8 Å². The Morgan fingerprint density at radius 3 is 2.62 bits per heavy atom. The lowest BCUT2D eigenvalue weighted by Crippen LogP contribution is -2.42. The molecule has 134 valence electrons. The van der Waals surface area contributed by atoms with Gasteiger partial charge < -0.3 is 10.2 Å². The summed E-state index contributed by atoms with van der Waals surface area (Å²) >= 11 is 0. The van der Waals surface area contributed by atoms with Gasteiger partial charge in [-0.15, -0.1) is 0 Å². The SMILES string of the molecule is O=C(Cn1nc2ccccc2n1)NC[C@@H]1CCCN(c2ccccn2)C1. The normalized spacial score (nSPS) is 17.4. The van der Waals surface area contributed by atoms with Gasteiger partial charge in [0.15, 0.2) is 0 Å². The highest BCUT2D eigenvalue weighted by atomic mass is 16.2. The number of rotatable bonds is 5. The molecule has 1 N–H and O–H groups in total. The fourth-order valence-electron chi connectivity index (χ4n) is 3.40. The van der Waals surface area contributed by atoms with Gasteiger partial charge in [-0.2, -0.15) is 15.0 Å². The second-order valence-electron chi connectivity index (χ2n) is 6.67. The molecule has 1 aliphatic rings. The van der Waals surface area contributed by atoms with Crippen LogP contribution in [0.15, 0.2) is 48.7 Å². The molecule has 1 saturated heterocycles. The Morgan fingerprint density at radius 2 is 1.88 bits per heavy atom. The van der Waals surface area contributed by atoms with Gasteiger partial charge in [0.05, 0.1) is 0 Å². The summed E-state index contributed by atoms with van der Waals surface area (Å²) in [5, 5.41) is 11.7. The summed E-state index contributed by atoms with van der Waals surface area (Å²) < 4.78 is 0. The Morgan fingerprint density at radius 1 is 1.12 bits per heavy atom. The number of fused-ring (bicyclic) bond motifs is 1. The summed E-state index contributed by atoms with van der Waals surface area (Å²) in [6.45, 7) is 2.75. The number of anilines is 1. The number of piperidine rings is 1. The molecule has 0 radical (unpaired) electrons. The minimum atomic E-state index is -0.0553. The maximum Gasteiger partial charge on any atom is 0.243 e. The summed E-state index contributed by atoms with van der Waals surface area (Å²) in [4.78, 5) is 20.4. The van der Waals surface area contributed by atoms with Gasteiger partial charge in [0.2, 0.25) is 5.91 Å². The zero-order chi connectivity index (χ0) is 17.8. The van der Waals surface area contributed by atoms with Crippen LogP contribution in [0.4, 0.5) is 5.82 Å². The summed E-state index contributed by atoms with van der Waals surface area (Å²) in [6, 6.07) is 13.6. The third-order valence-corrected chi connectivity index (χ3v) is 4.69. The average molecular weight is 350 g/mol. The minimum Gasteiger partial charge on any atom is -0.356 e. The van der Waals surface area contributed by atoms with E-state index in [4.69, 9.17) is 0 Å². The number of pyridine rings is 1. The highest BCUT2D eigenvalue weighted by molar-refractivity contribution is 5.77. The van der Waals surface area contributed by atoms with E-state index in [1.807, 2.05) is 48.7 Å². The third kappa shape index (κ3) is 3.82. The van der Waals surface area contributed by atoms with Crippen LogP contribution in [-0.4, -0.2) is 45.5 Å². The summed E-state index contributed by atoms with van der Waals surface area (Å²) in [5.41, 5.74) is 1.61. The van der Waals surface area contributed by atoms with Crippen LogP contribution < -0.4 is 10.2 Å². The molecule has 1 fully saturated rings. The first-order chi connectivity index (χ1) is 12.8. The van der Waals surface area contributed by atoms with Crippen molar-refractivity contribution in [1.29, 1.82) is 0 Å². The van der Waals surface area contributed by atoms with Gasteiger partial charge in [-0.1, -0.05) is 18.2 Å². The molecule has 0 aliphatic carbocycles. The first-order valence-corrected chi connectivity index (χ1v) is 9.00. The number of hydrogen-bond acceptors (Lipinski definition) is 5.